The fourth-order valence-corrected chi connectivity index (χ4v) is 7.00. The van der Waals surface area contributed by atoms with Crippen molar-refractivity contribution in [1.29, 1.82) is 0 Å². The highest BCUT2D eigenvalue weighted by Gasteiger charge is 2.40. The van der Waals surface area contributed by atoms with Gasteiger partial charge in [-0.25, -0.2) is 8.42 Å². The summed E-state index contributed by atoms with van der Waals surface area (Å²) >= 11 is 0. The van der Waals surface area contributed by atoms with Gasteiger partial charge < -0.3 is 4.90 Å². The van der Waals surface area contributed by atoms with Gasteiger partial charge in [0.15, 0.2) is 0 Å². The molecule has 9 heteroatoms. The molecule has 1 atom stereocenters. The lowest BCUT2D eigenvalue weighted by Crippen LogP contribution is -2.55. The van der Waals surface area contributed by atoms with Gasteiger partial charge in [-0.05, 0) is 42.2 Å². The molecular formula is C26H32N4O4S. The lowest BCUT2D eigenvalue weighted by molar-refractivity contribution is -0.135. The molecule has 0 unspecified atom stereocenters. The summed E-state index contributed by atoms with van der Waals surface area (Å²) in [6, 6.07) is 14.6. The molecule has 2 amide bonds. The number of carbonyl (C=O) groups excluding carboxylic acids is 2. The highest BCUT2D eigenvalue weighted by molar-refractivity contribution is 7.89. The van der Waals surface area contributed by atoms with Crippen LogP contribution in [0.1, 0.15) is 30.9 Å². The molecule has 0 radical (unpaired) electrons. The molecule has 0 aliphatic carbocycles. The molecule has 2 aromatic carbocycles. The summed E-state index contributed by atoms with van der Waals surface area (Å²) in [6.45, 7) is 6.16. The molecule has 0 N–H and O–H groups in total. The number of benzene rings is 2. The van der Waals surface area contributed by atoms with Gasteiger partial charge in [-0.3, -0.25) is 19.4 Å². The SMILES string of the molecule is CC(=O)N1c2ccc(S(=O)(=O)N3CCCC3)cc2C[C@@H]1C(=O)N1CCN(Cc2ccccc2)CC1. The molecule has 3 aliphatic heterocycles. The molecule has 3 aliphatic rings. The zero-order valence-electron chi connectivity index (χ0n) is 20.1. The summed E-state index contributed by atoms with van der Waals surface area (Å²) in [5, 5.41) is 0. The maximum Gasteiger partial charge on any atom is 0.246 e. The van der Waals surface area contributed by atoms with E-state index in [1.165, 1.54) is 16.8 Å². The first kappa shape index (κ1) is 24.0. The van der Waals surface area contributed by atoms with E-state index in [1.54, 1.807) is 23.1 Å². The third-order valence-corrected chi connectivity index (χ3v) is 9.19. The van der Waals surface area contributed by atoms with Crippen molar-refractivity contribution in [3.63, 3.8) is 0 Å². The summed E-state index contributed by atoms with van der Waals surface area (Å²) < 4.78 is 27.6. The molecule has 2 fully saturated rings. The quantitative estimate of drug-likeness (QED) is 0.633. The molecule has 2 saturated heterocycles. The second-order valence-electron chi connectivity index (χ2n) is 9.60. The summed E-state index contributed by atoms with van der Waals surface area (Å²) in [5.74, 6) is -0.278. The van der Waals surface area contributed by atoms with Gasteiger partial charge in [0.1, 0.15) is 6.04 Å². The summed E-state index contributed by atoms with van der Waals surface area (Å²) in [5.41, 5.74) is 2.63. The van der Waals surface area contributed by atoms with Crippen LogP contribution in [0.25, 0.3) is 0 Å². The van der Waals surface area contributed by atoms with Crippen LogP contribution in [0.2, 0.25) is 0 Å². The van der Waals surface area contributed by atoms with Crippen LogP contribution in [0, 0.1) is 0 Å². The molecule has 2 aromatic rings. The van der Waals surface area contributed by atoms with Gasteiger partial charge in [0, 0.05) is 64.8 Å². The minimum Gasteiger partial charge on any atom is -0.338 e. The number of hydrogen-bond donors (Lipinski definition) is 0. The van der Waals surface area contributed by atoms with E-state index < -0.39 is 16.1 Å². The average Bonchev–Trinajstić information content (AvgIpc) is 3.53. The first-order chi connectivity index (χ1) is 16.8. The van der Waals surface area contributed by atoms with E-state index in [0.717, 1.165) is 38.0 Å². The fourth-order valence-electron chi connectivity index (χ4n) is 5.43. The second-order valence-corrected chi connectivity index (χ2v) is 11.5. The Morgan fingerprint density at radius 3 is 2.26 bits per heavy atom. The predicted molar refractivity (Wildman–Crippen MR) is 133 cm³/mol. The Morgan fingerprint density at radius 2 is 1.60 bits per heavy atom. The van der Waals surface area contributed by atoms with E-state index in [-0.39, 0.29) is 16.7 Å². The van der Waals surface area contributed by atoms with Crippen molar-refractivity contribution in [3.8, 4) is 0 Å². The van der Waals surface area contributed by atoms with Crippen molar-refractivity contribution in [1.82, 2.24) is 14.1 Å². The van der Waals surface area contributed by atoms with E-state index in [9.17, 15) is 18.0 Å². The van der Waals surface area contributed by atoms with Crippen LogP contribution in [0.4, 0.5) is 5.69 Å². The van der Waals surface area contributed by atoms with E-state index in [2.05, 4.69) is 17.0 Å². The third-order valence-electron chi connectivity index (χ3n) is 7.30. The topological polar surface area (TPSA) is 81.2 Å². The highest BCUT2D eigenvalue weighted by atomic mass is 32.2. The van der Waals surface area contributed by atoms with Crippen molar-refractivity contribution in [2.24, 2.45) is 0 Å². The fraction of sp³-hybridized carbons (Fsp3) is 0.462. The molecule has 0 saturated carbocycles. The normalized spacial score (nSPS) is 21.3. The zero-order valence-corrected chi connectivity index (χ0v) is 20.9. The Labute approximate surface area is 207 Å². The molecule has 35 heavy (non-hydrogen) atoms. The number of fused-ring (bicyclic) bond motifs is 1. The van der Waals surface area contributed by atoms with Crippen LogP contribution in [0.3, 0.4) is 0 Å². The van der Waals surface area contributed by atoms with Crippen molar-refractivity contribution in [2.75, 3.05) is 44.2 Å². The van der Waals surface area contributed by atoms with Crippen LogP contribution in [-0.4, -0.2) is 79.6 Å². The largest absolute Gasteiger partial charge is 0.338 e. The van der Waals surface area contributed by atoms with E-state index in [1.807, 2.05) is 23.1 Å². The lowest BCUT2D eigenvalue weighted by atomic mass is 10.1. The number of hydrogen-bond acceptors (Lipinski definition) is 5. The van der Waals surface area contributed by atoms with Gasteiger partial charge in [0.25, 0.3) is 0 Å². The zero-order chi connectivity index (χ0) is 24.6. The molecule has 0 spiro atoms. The Bertz CT molecular complexity index is 1200. The van der Waals surface area contributed by atoms with Crippen LogP contribution in [-0.2, 0) is 32.6 Å². The van der Waals surface area contributed by atoms with Crippen molar-refractivity contribution in [3.05, 3.63) is 59.7 Å². The lowest BCUT2D eigenvalue weighted by Gasteiger charge is -2.37. The van der Waals surface area contributed by atoms with Gasteiger partial charge >= 0.3 is 0 Å². The van der Waals surface area contributed by atoms with Gasteiger partial charge in [-0.15, -0.1) is 0 Å². The minimum absolute atomic E-state index is 0.0697. The predicted octanol–water partition coefficient (Wildman–Crippen LogP) is 2.09. The van der Waals surface area contributed by atoms with Gasteiger partial charge in [0.2, 0.25) is 21.8 Å². The van der Waals surface area contributed by atoms with Gasteiger partial charge in [-0.1, -0.05) is 30.3 Å². The molecule has 8 nitrogen and oxygen atoms in total. The number of piperazine rings is 1. The number of sulfonamides is 1. The van der Waals surface area contributed by atoms with Crippen molar-refractivity contribution < 1.29 is 18.0 Å². The van der Waals surface area contributed by atoms with E-state index in [4.69, 9.17) is 0 Å². The van der Waals surface area contributed by atoms with Crippen LogP contribution in [0.15, 0.2) is 53.4 Å². The van der Waals surface area contributed by atoms with Crippen LogP contribution < -0.4 is 4.90 Å². The Balaban J connectivity index is 1.29. The Hall–Kier alpha value is -2.75. The van der Waals surface area contributed by atoms with Crippen LogP contribution >= 0.6 is 0 Å². The average molecular weight is 497 g/mol. The van der Waals surface area contributed by atoms with Gasteiger partial charge in [-0.2, -0.15) is 4.31 Å². The van der Waals surface area contributed by atoms with Crippen molar-refractivity contribution in [2.45, 2.75) is 43.7 Å². The minimum atomic E-state index is -3.56. The number of nitrogens with zero attached hydrogens (tertiary/aromatic N) is 4. The number of amides is 2. The van der Waals surface area contributed by atoms with Gasteiger partial charge in [0.05, 0.1) is 4.90 Å². The summed E-state index contributed by atoms with van der Waals surface area (Å²) in [6.07, 6.45) is 2.08. The Morgan fingerprint density at radius 1 is 0.914 bits per heavy atom. The molecule has 0 bridgehead atoms. The molecule has 0 aromatic heterocycles. The number of anilines is 1. The summed E-state index contributed by atoms with van der Waals surface area (Å²) in [4.78, 5) is 32.1. The van der Waals surface area contributed by atoms with E-state index >= 15 is 0 Å². The van der Waals surface area contributed by atoms with Crippen molar-refractivity contribution >= 4 is 27.5 Å². The first-order valence-electron chi connectivity index (χ1n) is 12.3. The van der Waals surface area contributed by atoms with E-state index in [0.29, 0.717) is 38.3 Å². The molecule has 3 heterocycles. The van der Waals surface area contributed by atoms with Crippen LogP contribution in [0.5, 0.6) is 0 Å². The number of rotatable bonds is 5. The maximum atomic E-state index is 13.5. The molecule has 186 valence electrons. The third kappa shape index (κ3) is 4.72. The maximum absolute atomic E-state index is 13.5. The number of carbonyl (C=O) groups is 2. The summed E-state index contributed by atoms with van der Waals surface area (Å²) in [7, 11) is -3.56. The Kier molecular flexibility index (Phi) is 6.65. The standard InChI is InChI=1S/C26H32N4O4S/c1-20(31)30-24-10-9-23(35(33,34)29-11-5-6-12-29)17-22(24)18-25(30)26(32)28-15-13-27(14-16-28)19-21-7-3-2-4-8-21/h2-4,7-10,17,25H,5-6,11-16,18-19H2,1H3/t25-/m1/s1. The first-order valence-corrected chi connectivity index (χ1v) is 13.8. The monoisotopic (exact) mass is 496 g/mol. The smallest absolute Gasteiger partial charge is 0.246 e. The molecular weight excluding hydrogens is 464 g/mol. The second kappa shape index (κ2) is 9.72. The molecule has 5 rings (SSSR count). The highest BCUT2D eigenvalue weighted by Crippen LogP contribution is 2.36.